The number of nitrogens with one attached hydrogen (secondary N) is 1. The number of carbonyl (C=O) groups is 1. The SMILES string of the molecule is Cc1cc(Cl)ccc1OCC(=O)Nc1cccc([N+](=O)[O-])c1. The molecule has 7 heteroatoms. The van der Waals surface area contributed by atoms with Crippen LogP contribution < -0.4 is 10.1 Å². The molecule has 2 aromatic rings. The number of amides is 1. The molecule has 0 radical (unpaired) electrons. The summed E-state index contributed by atoms with van der Waals surface area (Å²) in [5, 5.41) is 13.8. The van der Waals surface area contributed by atoms with Crippen LogP contribution in [0.2, 0.25) is 5.02 Å². The maximum absolute atomic E-state index is 11.8. The number of benzene rings is 2. The number of ether oxygens (including phenoxy) is 1. The number of halogens is 1. The Balaban J connectivity index is 1.95. The van der Waals surface area contributed by atoms with E-state index in [1.807, 2.05) is 6.92 Å². The maximum atomic E-state index is 11.8. The van der Waals surface area contributed by atoms with E-state index in [1.165, 1.54) is 18.2 Å². The van der Waals surface area contributed by atoms with Gasteiger partial charge < -0.3 is 10.1 Å². The zero-order valence-electron chi connectivity index (χ0n) is 11.7. The molecule has 0 aromatic heterocycles. The number of nitrogens with zero attached hydrogens (tertiary/aromatic N) is 1. The second-order valence-electron chi connectivity index (χ2n) is 4.55. The highest BCUT2D eigenvalue weighted by atomic mass is 35.5. The highest BCUT2D eigenvalue weighted by molar-refractivity contribution is 6.30. The molecule has 2 aromatic carbocycles. The van der Waals surface area contributed by atoms with E-state index in [2.05, 4.69) is 5.32 Å². The van der Waals surface area contributed by atoms with Gasteiger partial charge in [0.25, 0.3) is 11.6 Å². The molecule has 1 N–H and O–H groups in total. The molecular formula is C15H13ClN2O4. The van der Waals surface area contributed by atoms with Gasteiger partial charge in [0.1, 0.15) is 5.75 Å². The third kappa shape index (κ3) is 4.20. The molecule has 114 valence electrons. The fraction of sp³-hybridized carbons (Fsp3) is 0.133. The summed E-state index contributed by atoms with van der Waals surface area (Å²) < 4.78 is 5.40. The van der Waals surface area contributed by atoms with Crippen molar-refractivity contribution < 1.29 is 14.5 Å². The standard InChI is InChI=1S/C15H13ClN2O4/c1-10-7-11(16)5-6-14(10)22-9-15(19)17-12-3-2-4-13(8-12)18(20)21/h2-8H,9H2,1H3,(H,17,19). The third-order valence-corrected chi connectivity index (χ3v) is 3.07. The number of nitro benzene ring substituents is 1. The molecule has 0 saturated heterocycles. The Hall–Kier alpha value is -2.60. The molecule has 0 spiro atoms. The Bertz CT molecular complexity index is 718. The number of aryl methyl sites for hydroxylation is 1. The predicted molar refractivity (Wildman–Crippen MR) is 83.4 cm³/mol. The van der Waals surface area contributed by atoms with Crippen molar-refractivity contribution in [3.63, 3.8) is 0 Å². The van der Waals surface area contributed by atoms with Crippen molar-refractivity contribution >= 4 is 28.9 Å². The van der Waals surface area contributed by atoms with Crippen LogP contribution >= 0.6 is 11.6 Å². The van der Waals surface area contributed by atoms with Gasteiger partial charge in [0, 0.05) is 22.8 Å². The Morgan fingerprint density at radius 3 is 2.77 bits per heavy atom. The van der Waals surface area contributed by atoms with Crippen molar-refractivity contribution in [3.8, 4) is 5.75 Å². The van der Waals surface area contributed by atoms with Crippen LogP contribution in [0.5, 0.6) is 5.75 Å². The summed E-state index contributed by atoms with van der Waals surface area (Å²) in [6.07, 6.45) is 0. The van der Waals surface area contributed by atoms with Crippen molar-refractivity contribution in [2.75, 3.05) is 11.9 Å². The van der Waals surface area contributed by atoms with Gasteiger partial charge in [-0.1, -0.05) is 17.7 Å². The first-order valence-corrected chi connectivity index (χ1v) is 6.77. The number of hydrogen-bond acceptors (Lipinski definition) is 4. The molecule has 1 amide bonds. The van der Waals surface area contributed by atoms with Crippen LogP contribution in [-0.2, 0) is 4.79 Å². The van der Waals surface area contributed by atoms with E-state index < -0.39 is 10.8 Å². The lowest BCUT2D eigenvalue weighted by Gasteiger charge is -2.09. The first-order valence-electron chi connectivity index (χ1n) is 6.39. The molecule has 0 aliphatic rings. The lowest BCUT2D eigenvalue weighted by molar-refractivity contribution is -0.384. The minimum atomic E-state index is -0.525. The van der Waals surface area contributed by atoms with Crippen LogP contribution in [0.1, 0.15) is 5.56 Å². The topological polar surface area (TPSA) is 81.5 Å². The summed E-state index contributed by atoms with van der Waals surface area (Å²) in [4.78, 5) is 22.0. The van der Waals surface area contributed by atoms with Crippen molar-refractivity contribution in [2.45, 2.75) is 6.92 Å². The first-order chi connectivity index (χ1) is 10.5. The molecule has 2 rings (SSSR count). The number of nitro groups is 1. The number of non-ortho nitro benzene ring substituents is 1. The average molecular weight is 321 g/mol. The molecule has 0 aliphatic heterocycles. The van der Waals surface area contributed by atoms with Gasteiger partial charge in [-0.05, 0) is 36.8 Å². The number of rotatable bonds is 5. The van der Waals surface area contributed by atoms with Gasteiger partial charge in [-0.3, -0.25) is 14.9 Å². The highest BCUT2D eigenvalue weighted by Gasteiger charge is 2.09. The van der Waals surface area contributed by atoms with Crippen LogP contribution in [0.3, 0.4) is 0 Å². The second kappa shape index (κ2) is 6.91. The summed E-state index contributed by atoms with van der Waals surface area (Å²) in [5.74, 6) is 0.147. The smallest absolute Gasteiger partial charge is 0.271 e. The fourth-order valence-corrected chi connectivity index (χ4v) is 2.04. The minimum Gasteiger partial charge on any atom is -0.483 e. The van der Waals surface area contributed by atoms with Crippen molar-refractivity contribution in [2.24, 2.45) is 0 Å². The predicted octanol–water partition coefficient (Wildman–Crippen LogP) is 3.57. The van der Waals surface area contributed by atoms with Gasteiger partial charge in [0.05, 0.1) is 4.92 Å². The maximum Gasteiger partial charge on any atom is 0.271 e. The Morgan fingerprint density at radius 2 is 2.09 bits per heavy atom. The van der Waals surface area contributed by atoms with Gasteiger partial charge in [0.15, 0.2) is 6.61 Å². The monoisotopic (exact) mass is 320 g/mol. The average Bonchev–Trinajstić information content (AvgIpc) is 2.46. The normalized spacial score (nSPS) is 10.1. The molecule has 0 fully saturated rings. The summed E-state index contributed by atoms with van der Waals surface area (Å²) >= 11 is 5.84. The Morgan fingerprint density at radius 1 is 1.32 bits per heavy atom. The molecule has 0 atom stereocenters. The lowest BCUT2D eigenvalue weighted by atomic mass is 10.2. The van der Waals surface area contributed by atoms with Gasteiger partial charge in [-0.25, -0.2) is 0 Å². The van der Waals surface area contributed by atoms with Crippen LogP contribution in [0.25, 0.3) is 0 Å². The van der Waals surface area contributed by atoms with Crippen LogP contribution in [-0.4, -0.2) is 17.4 Å². The van der Waals surface area contributed by atoms with E-state index in [0.29, 0.717) is 16.5 Å². The highest BCUT2D eigenvalue weighted by Crippen LogP contribution is 2.22. The summed E-state index contributed by atoms with van der Waals surface area (Å²) in [7, 11) is 0. The molecular weight excluding hydrogens is 308 g/mol. The van der Waals surface area contributed by atoms with E-state index in [4.69, 9.17) is 16.3 Å². The fourth-order valence-electron chi connectivity index (χ4n) is 1.81. The molecule has 0 bridgehead atoms. The van der Waals surface area contributed by atoms with Gasteiger partial charge in [-0.15, -0.1) is 0 Å². The molecule has 0 aliphatic carbocycles. The van der Waals surface area contributed by atoms with E-state index in [1.54, 1.807) is 24.3 Å². The third-order valence-electron chi connectivity index (χ3n) is 2.84. The van der Waals surface area contributed by atoms with Gasteiger partial charge in [0.2, 0.25) is 0 Å². The first kappa shape index (κ1) is 15.8. The van der Waals surface area contributed by atoms with Crippen LogP contribution in [0.4, 0.5) is 11.4 Å². The second-order valence-corrected chi connectivity index (χ2v) is 4.99. The summed E-state index contributed by atoms with van der Waals surface area (Å²) in [6.45, 7) is 1.62. The molecule has 0 heterocycles. The Labute approximate surface area is 131 Å². The summed E-state index contributed by atoms with van der Waals surface area (Å²) in [5.41, 5.74) is 1.07. The largest absolute Gasteiger partial charge is 0.483 e. The Kier molecular flexibility index (Phi) is 4.95. The van der Waals surface area contributed by atoms with E-state index in [0.717, 1.165) is 5.56 Å². The molecule has 6 nitrogen and oxygen atoms in total. The molecule has 0 saturated carbocycles. The van der Waals surface area contributed by atoms with E-state index >= 15 is 0 Å². The minimum absolute atomic E-state index is 0.0905. The van der Waals surface area contributed by atoms with Gasteiger partial charge >= 0.3 is 0 Å². The summed E-state index contributed by atoms with van der Waals surface area (Å²) in [6, 6.07) is 10.8. The lowest BCUT2D eigenvalue weighted by Crippen LogP contribution is -2.20. The van der Waals surface area contributed by atoms with Crippen molar-refractivity contribution in [1.82, 2.24) is 0 Å². The van der Waals surface area contributed by atoms with Crippen LogP contribution in [0, 0.1) is 17.0 Å². The van der Waals surface area contributed by atoms with Gasteiger partial charge in [-0.2, -0.15) is 0 Å². The van der Waals surface area contributed by atoms with Crippen molar-refractivity contribution in [3.05, 3.63) is 63.2 Å². The zero-order chi connectivity index (χ0) is 16.1. The van der Waals surface area contributed by atoms with E-state index in [-0.39, 0.29) is 12.3 Å². The number of anilines is 1. The quantitative estimate of drug-likeness (QED) is 0.674. The zero-order valence-corrected chi connectivity index (χ0v) is 12.5. The number of carbonyl (C=O) groups excluding carboxylic acids is 1. The van der Waals surface area contributed by atoms with E-state index in [9.17, 15) is 14.9 Å². The van der Waals surface area contributed by atoms with Crippen LogP contribution in [0.15, 0.2) is 42.5 Å². The molecule has 22 heavy (non-hydrogen) atoms. The molecule has 0 unspecified atom stereocenters. The van der Waals surface area contributed by atoms with Crippen molar-refractivity contribution in [1.29, 1.82) is 0 Å². The number of hydrogen-bond donors (Lipinski definition) is 1.